The molecule has 0 radical (unpaired) electrons. The van der Waals surface area contributed by atoms with Crippen LogP contribution >= 0.6 is 11.3 Å². The average molecular weight is 660 g/mol. The average Bonchev–Trinajstić information content (AvgIpc) is 3.87. The molecule has 6 heteroatoms. The van der Waals surface area contributed by atoms with Crippen LogP contribution in [-0.4, -0.2) is 20.9 Å². The number of hydrogen-bond donors (Lipinski definition) is 0. The number of thiophene rings is 1. The first-order chi connectivity index (χ1) is 24.6. The number of imide groups is 1. The van der Waals surface area contributed by atoms with E-state index in [-0.39, 0.29) is 11.8 Å². The van der Waals surface area contributed by atoms with Crippen molar-refractivity contribution in [2.75, 3.05) is 4.90 Å². The highest BCUT2D eigenvalue weighted by atomic mass is 32.1. The van der Waals surface area contributed by atoms with E-state index in [0.29, 0.717) is 16.8 Å². The maximum atomic E-state index is 13.2. The van der Waals surface area contributed by atoms with Crippen LogP contribution in [-0.2, 0) is 0 Å². The molecule has 0 saturated heterocycles. The van der Waals surface area contributed by atoms with E-state index in [2.05, 4.69) is 112 Å². The van der Waals surface area contributed by atoms with E-state index in [1.807, 2.05) is 35.6 Å². The van der Waals surface area contributed by atoms with E-state index in [4.69, 9.17) is 0 Å². The van der Waals surface area contributed by atoms with Gasteiger partial charge in [-0.05, 0) is 84.9 Å². The van der Waals surface area contributed by atoms with Crippen LogP contribution in [0.4, 0.5) is 5.69 Å². The third kappa shape index (κ3) is 3.65. The maximum absolute atomic E-state index is 13.2. The molecule has 2 amide bonds. The Labute approximate surface area is 289 Å². The first kappa shape index (κ1) is 27.5. The molecule has 0 aliphatic carbocycles. The monoisotopic (exact) mass is 659 g/mol. The Hall–Kier alpha value is -6.50. The molecule has 7 aromatic carbocycles. The zero-order chi connectivity index (χ0) is 33.1. The summed E-state index contributed by atoms with van der Waals surface area (Å²) in [6, 6.07) is 52.0. The fourth-order valence-corrected chi connectivity index (χ4v) is 9.10. The summed E-state index contributed by atoms with van der Waals surface area (Å²) in [4.78, 5) is 27.7. The topological polar surface area (TPSA) is 47.2 Å². The molecular formula is C44H25N3O2S. The van der Waals surface area contributed by atoms with Crippen LogP contribution in [0.5, 0.6) is 0 Å². The standard InChI is InChI=1S/C44H25N3O2S/c48-43-32-12-1-2-13-33(32)44(49)47(43)27-19-17-26(18-20-27)45-37-14-6-3-9-29(37)34-25-40-35(24-39(34)45)30-10-4-7-15-38(30)46(40)28-21-22-42-36(23-28)31-11-5-8-16-41(31)50-42/h1-25H. The van der Waals surface area contributed by atoms with Gasteiger partial charge >= 0.3 is 0 Å². The number of hydrogen-bond acceptors (Lipinski definition) is 3. The molecule has 234 valence electrons. The zero-order valence-electron chi connectivity index (χ0n) is 26.5. The molecule has 0 bridgehead atoms. The third-order valence-electron chi connectivity index (χ3n) is 10.2. The molecular weight excluding hydrogens is 635 g/mol. The lowest BCUT2D eigenvalue weighted by Crippen LogP contribution is -2.29. The van der Waals surface area contributed by atoms with Crippen LogP contribution in [0.25, 0.3) is 75.2 Å². The van der Waals surface area contributed by atoms with Gasteiger partial charge in [-0.1, -0.05) is 66.7 Å². The van der Waals surface area contributed by atoms with Gasteiger partial charge in [-0.2, -0.15) is 0 Å². The zero-order valence-corrected chi connectivity index (χ0v) is 27.3. The van der Waals surface area contributed by atoms with Gasteiger partial charge in [0.25, 0.3) is 11.8 Å². The number of aromatic nitrogens is 2. The van der Waals surface area contributed by atoms with Crippen molar-refractivity contribution in [2.24, 2.45) is 0 Å². The van der Waals surface area contributed by atoms with Crippen molar-refractivity contribution in [1.29, 1.82) is 0 Å². The third-order valence-corrected chi connectivity index (χ3v) is 11.4. The Morgan fingerprint density at radius 2 is 0.840 bits per heavy atom. The van der Waals surface area contributed by atoms with Gasteiger partial charge < -0.3 is 9.13 Å². The lowest BCUT2D eigenvalue weighted by molar-refractivity contribution is 0.0926. The van der Waals surface area contributed by atoms with Crippen LogP contribution in [0.1, 0.15) is 20.7 Å². The largest absolute Gasteiger partial charge is 0.309 e. The summed E-state index contributed by atoms with van der Waals surface area (Å²) in [7, 11) is 0. The molecule has 3 aromatic heterocycles. The van der Waals surface area contributed by atoms with Crippen molar-refractivity contribution in [2.45, 2.75) is 0 Å². The molecule has 0 spiro atoms. The van der Waals surface area contributed by atoms with Gasteiger partial charge in [-0.3, -0.25) is 9.59 Å². The molecule has 1 aliphatic heterocycles. The summed E-state index contributed by atoms with van der Waals surface area (Å²) in [5.74, 6) is -0.583. The van der Waals surface area contributed by atoms with Crippen molar-refractivity contribution in [3.8, 4) is 11.4 Å². The van der Waals surface area contributed by atoms with Crippen molar-refractivity contribution >= 4 is 92.6 Å². The predicted molar refractivity (Wildman–Crippen MR) is 206 cm³/mol. The van der Waals surface area contributed by atoms with Crippen LogP contribution in [0, 0.1) is 0 Å². The number of para-hydroxylation sites is 2. The van der Waals surface area contributed by atoms with Crippen LogP contribution in [0.3, 0.4) is 0 Å². The number of carbonyl (C=O) groups excluding carboxylic acids is 2. The van der Waals surface area contributed by atoms with Crippen molar-refractivity contribution in [3.05, 3.63) is 163 Å². The van der Waals surface area contributed by atoms with E-state index in [1.54, 1.807) is 24.3 Å². The van der Waals surface area contributed by atoms with Crippen molar-refractivity contribution < 1.29 is 9.59 Å². The van der Waals surface area contributed by atoms with Gasteiger partial charge in [0.2, 0.25) is 0 Å². The Bertz CT molecular complexity index is 3050. The Morgan fingerprint density at radius 1 is 0.360 bits per heavy atom. The van der Waals surface area contributed by atoms with E-state index in [0.717, 1.165) is 44.2 Å². The number of amides is 2. The Balaban J connectivity index is 1.12. The molecule has 4 heterocycles. The van der Waals surface area contributed by atoms with E-state index in [9.17, 15) is 9.59 Å². The fraction of sp³-hybridized carbons (Fsp3) is 0. The predicted octanol–water partition coefficient (Wildman–Crippen LogP) is 11.0. The molecule has 0 saturated carbocycles. The van der Waals surface area contributed by atoms with Crippen LogP contribution in [0.2, 0.25) is 0 Å². The summed E-state index contributed by atoms with van der Waals surface area (Å²) in [5, 5.41) is 7.24. The minimum absolute atomic E-state index is 0.291. The molecule has 0 atom stereocenters. The van der Waals surface area contributed by atoms with E-state index < -0.39 is 0 Å². The first-order valence-corrected chi connectivity index (χ1v) is 17.4. The van der Waals surface area contributed by atoms with Gasteiger partial charge in [0.05, 0.1) is 38.9 Å². The fourth-order valence-electron chi connectivity index (χ4n) is 8.01. The molecule has 5 nitrogen and oxygen atoms in total. The molecule has 0 unspecified atom stereocenters. The molecule has 10 aromatic rings. The van der Waals surface area contributed by atoms with Gasteiger partial charge in [-0.25, -0.2) is 4.90 Å². The second-order valence-corrected chi connectivity index (χ2v) is 14.0. The highest BCUT2D eigenvalue weighted by Crippen LogP contribution is 2.41. The van der Waals surface area contributed by atoms with Crippen molar-refractivity contribution in [1.82, 2.24) is 9.13 Å². The normalized spacial score (nSPS) is 13.2. The minimum atomic E-state index is -0.291. The van der Waals surface area contributed by atoms with Gasteiger partial charge in [0, 0.05) is 53.1 Å². The summed E-state index contributed by atoms with van der Waals surface area (Å²) in [6.07, 6.45) is 0. The van der Waals surface area contributed by atoms with Gasteiger partial charge in [0.15, 0.2) is 0 Å². The number of anilines is 1. The van der Waals surface area contributed by atoms with Crippen molar-refractivity contribution in [3.63, 3.8) is 0 Å². The Morgan fingerprint density at radius 3 is 1.48 bits per heavy atom. The SMILES string of the molecule is O=C1c2ccccc2C(=O)N1c1ccc(-n2c3ccccc3c3cc4c(cc32)c2ccccc2n4-c2ccc3sc4ccccc4c3c2)cc1. The van der Waals surface area contributed by atoms with E-state index in [1.165, 1.54) is 35.8 Å². The lowest BCUT2D eigenvalue weighted by Gasteiger charge is -2.15. The summed E-state index contributed by atoms with van der Waals surface area (Å²) in [6.45, 7) is 0. The summed E-state index contributed by atoms with van der Waals surface area (Å²) in [5.41, 5.74) is 8.03. The maximum Gasteiger partial charge on any atom is 0.266 e. The molecule has 1 aliphatic rings. The second kappa shape index (κ2) is 10.0. The highest BCUT2D eigenvalue weighted by molar-refractivity contribution is 7.25. The van der Waals surface area contributed by atoms with Gasteiger partial charge in [0.1, 0.15) is 0 Å². The molecule has 50 heavy (non-hydrogen) atoms. The molecule has 11 rings (SSSR count). The smallest absolute Gasteiger partial charge is 0.266 e. The summed E-state index contributed by atoms with van der Waals surface area (Å²) < 4.78 is 7.27. The van der Waals surface area contributed by atoms with E-state index >= 15 is 0 Å². The number of fused-ring (bicyclic) bond motifs is 10. The molecule has 0 fully saturated rings. The number of rotatable bonds is 3. The lowest BCUT2D eigenvalue weighted by atomic mass is 10.1. The van der Waals surface area contributed by atoms with Crippen LogP contribution in [0.15, 0.2) is 152 Å². The molecule has 0 N–H and O–H groups in total. The second-order valence-electron chi connectivity index (χ2n) is 12.9. The number of nitrogens with zero attached hydrogens (tertiary/aromatic N) is 3. The van der Waals surface area contributed by atoms with Crippen LogP contribution < -0.4 is 4.90 Å². The van der Waals surface area contributed by atoms with Gasteiger partial charge in [-0.15, -0.1) is 11.3 Å². The highest BCUT2D eigenvalue weighted by Gasteiger charge is 2.36. The number of benzene rings is 7. The Kier molecular flexibility index (Phi) is 5.50. The quantitative estimate of drug-likeness (QED) is 0.177. The first-order valence-electron chi connectivity index (χ1n) is 16.6. The number of carbonyl (C=O) groups is 2. The summed E-state index contributed by atoms with van der Waals surface area (Å²) >= 11 is 1.84. The minimum Gasteiger partial charge on any atom is -0.309 e.